The molecule has 3 rings (SSSR count). The molecule has 0 aromatic heterocycles. The lowest BCUT2D eigenvalue weighted by atomic mass is 10.0. The summed E-state index contributed by atoms with van der Waals surface area (Å²) in [7, 11) is -2.18. The molecule has 1 aliphatic rings. The van der Waals surface area contributed by atoms with Gasteiger partial charge in [-0.15, -0.1) is 0 Å². The van der Waals surface area contributed by atoms with Gasteiger partial charge in [-0.05, 0) is 56.0 Å². The summed E-state index contributed by atoms with van der Waals surface area (Å²) in [5.74, 6) is -1.56. The van der Waals surface area contributed by atoms with Crippen molar-refractivity contribution >= 4 is 33.2 Å². The molecule has 166 valence electrons. The molecule has 2 N–H and O–H groups in total. The van der Waals surface area contributed by atoms with Crippen molar-refractivity contribution in [2.24, 2.45) is 0 Å². The number of fused-ring (bicyclic) bond motifs is 1. The lowest BCUT2D eigenvalue weighted by Gasteiger charge is -2.31. The fourth-order valence-corrected chi connectivity index (χ4v) is 4.93. The quantitative estimate of drug-likeness (QED) is 0.502. The molecule has 0 radical (unpaired) electrons. The minimum absolute atomic E-state index is 0.218. The van der Waals surface area contributed by atoms with E-state index in [-0.39, 0.29) is 4.90 Å². The maximum Gasteiger partial charge on any atom is 0.313 e. The predicted molar refractivity (Wildman–Crippen MR) is 119 cm³/mol. The van der Waals surface area contributed by atoms with E-state index in [0.717, 1.165) is 17.5 Å². The summed E-state index contributed by atoms with van der Waals surface area (Å²) in [5.41, 5.74) is 2.74. The highest BCUT2D eigenvalue weighted by Crippen LogP contribution is 2.34. The normalized spacial score (nSPS) is 13.4. The number of amides is 2. The summed E-state index contributed by atoms with van der Waals surface area (Å²) >= 11 is 0. The summed E-state index contributed by atoms with van der Waals surface area (Å²) in [4.78, 5) is 24.4. The van der Waals surface area contributed by atoms with Crippen LogP contribution in [0.3, 0.4) is 0 Å². The van der Waals surface area contributed by atoms with Crippen molar-refractivity contribution in [3.05, 3.63) is 53.6 Å². The third-order valence-electron chi connectivity index (χ3n) is 5.05. The molecule has 1 aliphatic heterocycles. The zero-order chi connectivity index (χ0) is 22.4. The Morgan fingerprint density at radius 2 is 1.84 bits per heavy atom. The molecule has 0 aliphatic carbocycles. The summed E-state index contributed by atoms with van der Waals surface area (Å²) in [5, 5.41) is 5.07. The average molecular weight is 446 g/mol. The predicted octanol–water partition coefficient (Wildman–Crippen LogP) is 2.23. The summed E-state index contributed by atoms with van der Waals surface area (Å²) < 4.78 is 32.8. The number of benzene rings is 2. The van der Waals surface area contributed by atoms with Crippen LogP contribution < -0.4 is 14.9 Å². The number of nitrogens with one attached hydrogen (secondary N) is 2. The number of methoxy groups -OCH3 is 1. The number of anilines is 2. The van der Waals surface area contributed by atoms with Crippen LogP contribution in [0.25, 0.3) is 0 Å². The van der Waals surface area contributed by atoms with Gasteiger partial charge in [-0.1, -0.05) is 23.8 Å². The fraction of sp³-hybridized carbons (Fsp3) is 0.364. The number of carbonyl (C=O) groups excluding carboxylic acids is 2. The maximum atomic E-state index is 13.2. The molecule has 9 heteroatoms. The minimum atomic E-state index is -3.74. The number of hydrogen-bond acceptors (Lipinski definition) is 5. The molecular weight excluding hydrogens is 418 g/mol. The Balaban J connectivity index is 1.78. The smallest absolute Gasteiger partial charge is 0.313 e. The number of carbonyl (C=O) groups is 2. The van der Waals surface area contributed by atoms with Gasteiger partial charge in [-0.2, -0.15) is 0 Å². The van der Waals surface area contributed by atoms with Crippen molar-refractivity contribution in [3.8, 4) is 0 Å². The van der Waals surface area contributed by atoms with Crippen molar-refractivity contribution in [2.45, 2.75) is 31.1 Å². The second-order valence-corrected chi connectivity index (χ2v) is 9.26. The van der Waals surface area contributed by atoms with Crippen LogP contribution in [0.4, 0.5) is 11.4 Å². The lowest BCUT2D eigenvalue weighted by Crippen LogP contribution is -2.37. The van der Waals surface area contributed by atoms with E-state index in [2.05, 4.69) is 10.6 Å². The third-order valence-corrected chi connectivity index (χ3v) is 6.87. The summed E-state index contributed by atoms with van der Waals surface area (Å²) in [6, 6.07) is 11.8. The molecule has 0 spiro atoms. The van der Waals surface area contributed by atoms with E-state index in [1.54, 1.807) is 49.6 Å². The van der Waals surface area contributed by atoms with Gasteiger partial charge in [0.15, 0.2) is 0 Å². The van der Waals surface area contributed by atoms with E-state index >= 15 is 0 Å². The van der Waals surface area contributed by atoms with Gasteiger partial charge in [0.1, 0.15) is 0 Å². The van der Waals surface area contributed by atoms with Crippen LogP contribution in [0.1, 0.15) is 24.0 Å². The van der Waals surface area contributed by atoms with Crippen LogP contribution in [-0.4, -0.2) is 47.0 Å². The molecule has 0 atom stereocenters. The largest absolute Gasteiger partial charge is 0.385 e. The van der Waals surface area contributed by atoms with E-state index in [1.165, 1.54) is 4.31 Å². The van der Waals surface area contributed by atoms with Crippen molar-refractivity contribution in [1.82, 2.24) is 5.32 Å². The summed E-state index contributed by atoms with van der Waals surface area (Å²) in [6.07, 6.45) is 2.04. The van der Waals surface area contributed by atoms with Gasteiger partial charge in [0.05, 0.1) is 10.6 Å². The first-order valence-electron chi connectivity index (χ1n) is 10.1. The SMILES string of the molecule is COCCCNC(=O)C(=O)Nc1ccc2c(c1)N(S(=O)(=O)c1ccc(C)cc1)CCC2. The van der Waals surface area contributed by atoms with Gasteiger partial charge in [0.25, 0.3) is 10.0 Å². The summed E-state index contributed by atoms with van der Waals surface area (Å²) in [6.45, 7) is 3.06. The lowest BCUT2D eigenvalue weighted by molar-refractivity contribution is -0.136. The number of nitrogens with zero attached hydrogens (tertiary/aromatic N) is 1. The molecule has 0 unspecified atom stereocenters. The highest BCUT2D eigenvalue weighted by atomic mass is 32.2. The van der Waals surface area contributed by atoms with E-state index in [4.69, 9.17) is 4.74 Å². The topological polar surface area (TPSA) is 105 Å². The van der Waals surface area contributed by atoms with E-state index in [0.29, 0.717) is 43.9 Å². The molecule has 1 heterocycles. The first kappa shape index (κ1) is 22.8. The average Bonchev–Trinajstić information content (AvgIpc) is 2.76. The Bertz CT molecular complexity index is 1050. The van der Waals surface area contributed by atoms with Crippen LogP contribution in [0.15, 0.2) is 47.4 Å². The second kappa shape index (κ2) is 9.93. The maximum absolute atomic E-state index is 13.2. The van der Waals surface area contributed by atoms with E-state index in [9.17, 15) is 18.0 Å². The van der Waals surface area contributed by atoms with E-state index in [1.807, 2.05) is 6.92 Å². The number of aryl methyl sites for hydroxylation is 2. The van der Waals surface area contributed by atoms with Crippen molar-refractivity contribution in [3.63, 3.8) is 0 Å². The Morgan fingerprint density at radius 3 is 2.55 bits per heavy atom. The van der Waals surface area contributed by atoms with Crippen molar-refractivity contribution in [2.75, 3.05) is 36.4 Å². The van der Waals surface area contributed by atoms with Crippen LogP contribution in [0.2, 0.25) is 0 Å². The number of rotatable bonds is 7. The monoisotopic (exact) mass is 445 g/mol. The van der Waals surface area contributed by atoms with Gasteiger partial charge in [-0.3, -0.25) is 13.9 Å². The standard InChI is InChI=1S/C22H27N3O5S/c1-16-6-10-19(11-7-16)31(28,29)25-13-3-5-17-8-9-18(15-20(17)25)24-22(27)21(26)23-12-4-14-30-2/h6-11,15H,3-5,12-14H2,1-2H3,(H,23,26)(H,24,27). The number of hydrogen-bond donors (Lipinski definition) is 2. The molecule has 31 heavy (non-hydrogen) atoms. The molecule has 2 amide bonds. The van der Waals surface area contributed by atoms with Gasteiger partial charge in [0.2, 0.25) is 0 Å². The molecule has 8 nitrogen and oxygen atoms in total. The Labute approximate surface area is 182 Å². The first-order valence-corrected chi connectivity index (χ1v) is 11.6. The highest BCUT2D eigenvalue weighted by molar-refractivity contribution is 7.92. The second-order valence-electron chi connectivity index (χ2n) is 7.39. The fourth-order valence-electron chi connectivity index (χ4n) is 3.39. The van der Waals surface area contributed by atoms with Gasteiger partial charge in [0, 0.05) is 32.5 Å². The molecular formula is C22H27N3O5S. The molecule has 0 bridgehead atoms. The first-order chi connectivity index (χ1) is 14.8. The van der Waals surface area contributed by atoms with Gasteiger partial charge in [-0.25, -0.2) is 8.42 Å². The van der Waals surface area contributed by atoms with Crippen molar-refractivity contribution < 1.29 is 22.7 Å². The molecule has 2 aromatic rings. The Morgan fingerprint density at radius 1 is 1.10 bits per heavy atom. The van der Waals surface area contributed by atoms with Gasteiger partial charge >= 0.3 is 11.8 Å². The minimum Gasteiger partial charge on any atom is -0.385 e. The van der Waals surface area contributed by atoms with E-state index < -0.39 is 21.8 Å². The zero-order valence-electron chi connectivity index (χ0n) is 17.7. The molecule has 0 saturated heterocycles. The Hall–Kier alpha value is -2.91. The van der Waals surface area contributed by atoms with Crippen LogP contribution in [-0.2, 0) is 30.8 Å². The molecule has 0 fully saturated rings. The van der Waals surface area contributed by atoms with Crippen LogP contribution >= 0.6 is 0 Å². The Kier molecular flexibility index (Phi) is 7.29. The van der Waals surface area contributed by atoms with Crippen molar-refractivity contribution in [1.29, 1.82) is 0 Å². The number of ether oxygens (including phenoxy) is 1. The molecule has 0 saturated carbocycles. The zero-order valence-corrected chi connectivity index (χ0v) is 18.5. The van der Waals surface area contributed by atoms with Crippen LogP contribution in [0, 0.1) is 6.92 Å². The highest BCUT2D eigenvalue weighted by Gasteiger charge is 2.29. The van der Waals surface area contributed by atoms with Crippen LogP contribution in [0.5, 0.6) is 0 Å². The number of sulfonamides is 1. The molecule has 2 aromatic carbocycles. The van der Waals surface area contributed by atoms with Gasteiger partial charge < -0.3 is 15.4 Å². The third kappa shape index (κ3) is 5.42.